The highest BCUT2D eigenvalue weighted by atomic mass is 19.4. The Kier molecular flexibility index (Phi) is 5.71. The number of benzene rings is 1. The monoisotopic (exact) mass is 355 g/mol. The lowest BCUT2D eigenvalue weighted by Gasteiger charge is -2.23. The molecule has 1 aromatic carbocycles. The van der Waals surface area contributed by atoms with Gasteiger partial charge in [0.1, 0.15) is 11.3 Å². The molecule has 2 aromatic rings. The van der Waals surface area contributed by atoms with E-state index in [4.69, 9.17) is 9.47 Å². The predicted octanol–water partition coefficient (Wildman–Crippen LogP) is 4.45. The Bertz CT molecular complexity index is 721. The predicted molar refractivity (Wildman–Crippen MR) is 88.5 cm³/mol. The van der Waals surface area contributed by atoms with Crippen molar-refractivity contribution < 1.29 is 22.6 Å². The maximum Gasteiger partial charge on any atom is 0.421 e. The van der Waals surface area contributed by atoms with Crippen molar-refractivity contribution in [1.29, 1.82) is 0 Å². The fourth-order valence-electron chi connectivity index (χ4n) is 2.17. The van der Waals surface area contributed by atoms with Crippen molar-refractivity contribution in [3.8, 4) is 11.8 Å². The van der Waals surface area contributed by atoms with Crippen LogP contribution >= 0.6 is 0 Å². The highest BCUT2D eigenvalue weighted by Crippen LogP contribution is 2.38. The molecule has 0 unspecified atom stereocenters. The molecule has 136 valence electrons. The van der Waals surface area contributed by atoms with E-state index in [1.807, 2.05) is 13.8 Å². The summed E-state index contributed by atoms with van der Waals surface area (Å²) in [4.78, 5) is 8.88. The number of ether oxygens (including phenoxy) is 2. The van der Waals surface area contributed by atoms with Crippen LogP contribution in [0.5, 0.6) is 11.8 Å². The van der Waals surface area contributed by atoms with Crippen LogP contribution < -0.4 is 14.4 Å². The van der Waals surface area contributed by atoms with E-state index in [2.05, 4.69) is 9.97 Å². The molecule has 0 atom stereocenters. The van der Waals surface area contributed by atoms with Crippen LogP contribution in [0, 0.1) is 0 Å². The molecule has 2 rings (SSSR count). The van der Waals surface area contributed by atoms with Crippen molar-refractivity contribution in [2.24, 2.45) is 0 Å². The second kappa shape index (κ2) is 7.58. The molecular weight excluding hydrogens is 335 g/mol. The molecule has 0 aliphatic heterocycles. The van der Waals surface area contributed by atoms with Gasteiger partial charge in [-0.05, 0) is 32.9 Å². The summed E-state index contributed by atoms with van der Waals surface area (Å²) < 4.78 is 50.7. The van der Waals surface area contributed by atoms with Gasteiger partial charge in [-0.15, -0.1) is 0 Å². The second-order valence-electron chi connectivity index (χ2n) is 5.54. The first kappa shape index (κ1) is 18.8. The van der Waals surface area contributed by atoms with Gasteiger partial charge in [0.05, 0.1) is 12.7 Å². The van der Waals surface area contributed by atoms with Crippen LogP contribution in [0.1, 0.15) is 26.3 Å². The van der Waals surface area contributed by atoms with Crippen molar-refractivity contribution in [2.45, 2.75) is 33.1 Å². The summed E-state index contributed by atoms with van der Waals surface area (Å²) in [6.45, 7) is 5.71. The van der Waals surface area contributed by atoms with E-state index in [1.165, 1.54) is 11.9 Å². The third kappa shape index (κ3) is 4.74. The van der Waals surface area contributed by atoms with Gasteiger partial charge in [-0.2, -0.15) is 18.2 Å². The Morgan fingerprint density at radius 1 is 1.24 bits per heavy atom. The minimum atomic E-state index is -4.58. The molecule has 0 saturated carbocycles. The summed E-state index contributed by atoms with van der Waals surface area (Å²) in [5, 5.41) is 0. The molecule has 0 fully saturated rings. The summed E-state index contributed by atoms with van der Waals surface area (Å²) in [5.41, 5.74) is -0.432. The van der Waals surface area contributed by atoms with Crippen LogP contribution in [-0.2, 0) is 6.18 Å². The molecular formula is C17H20F3N3O2. The smallest absolute Gasteiger partial charge is 0.421 e. The van der Waals surface area contributed by atoms with Crippen molar-refractivity contribution in [3.05, 3.63) is 36.0 Å². The third-order valence-electron chi connectivity index (χ3n) is 3.22. The van der Waals surface area contributed by atoms with Gasteiger partial charge in [-0.25, -0.2) is 4.98 Å². The Hall–Kier alpha value is -2.51. The maximum atomic E-state index is 13.3. The van der Waals surface area contributed by atoms with Crippen molar-refractivity contribution in [1.82, 2.24) is 9.97 Å². The Morgan fingerprint density at radius 2 is 1.96 bits per heavy atom. The first-order valence-electron chi connectivity index (χ1n) is 7.79. The number of aromatic nitrogens is 2. The molecule has 0 radical (unpaired) electrons. The number of rotatable bonds is 6. The van der Waals surface area contributed by atoms with Gasteiger partial charge in [-0.3, -0.25) is 0 Å². The quantitative estimate of drug-likeness (QED) is 0.766. The molecule has 0 amide bonds. The topological polar surface area (TPSA) is 47.5 Å². The Morgan fingerprint density at radius 3 is 2.56 bits per heavy atom. The summed E-state index contributed by atoms with van der Waals surface area (Å²) in [7, 11) is 1.50. The zero-order valence-electron chi connectivity index (χ0n) is 14.5. The van der Waals surface area contributed by atoms with E-state index < -0.39 is 11.7 Å². The normalized spacial score (nSPS) is 11.5. The van der Waals surface area contributed by atoms with Gasteiger partial charge in [0, 0.05) is 25.0 Å². The minimum Gasteiger partial charge on any atom is -0.491 e. The van der Waals surface area contributed by atoms with Crippen molar-refractivity contribution >= 4 is 11.5 Å². The SMILES string of the molecule is CCOc1ncc(C(F)(F)F)c(N(C)c2cccc(OC(C)C)c2)n1. The van der Waals surface area contributed by atoms with E-state index in [-0.39, 0.29) is 24.5 Å². The van der Waals surface area contributed by atoms with Crippen molar-refractivity contribution in [2.75, 3.05) is 18.6 Å². The van der Waals surface area contributed by atoms with Gasteiger partial charge in [0.15, 0.2) is 5.82 Å². The van der Waals surface area contributed by atoms with Crippen molar-refractivity contribution in [3.63, 3.8) is 0 Å². The van der Waals surface area contributed by atoms with Crippen LogP contribution in [-0.4, -0.2) is 29.7 Å². The lowest BCUT2D eigenvalue weighted by atomic mass is 10.2. The lowest BCUT2D eigenvalue weighted by Crippen LogP contribution is -2.19. The maximum absolute atomic E-state index is 13.3. The van der Waals surface area contributed by atoms with E-state index in [0.29, 0.717) is 11.4 Å². The molecule has 0 aliphatic carbocycles. The Labute approximate surface area is 144 Å². The van der Waals surface area contributed by atoms with Gasteiger partial charge in [0.2, 0.25) is 0 Å². The molecule has 0 N–H and O–H groups in total. The molecule has 0 spiro atoms. The van der Waals surface area contributed by atoms with E-state index in [0.717, 1.165) is 6.20 Å². The van der Waals surface area contributed by atoms with Gasteiger partial charge in [0.25, 0.3) is 0 Å². The van der Waals surface area contributed by atoms with Crippen LogP contribution in [0.15, 0.2) is 30.5 Å². The summed E-state index contributed by atoms with van der Waals surface area (Å²) >= 11 is 0. The van der Waals surface area contributed by atoms with Gasteiger partial charge in [-0.1, -0.05) is 6.07 Å². The highest BCUT2D eigenvalue weighted by Gasteiger charge is 2.36. The van der Waals surface area contributed by atoms with Gasteiger partial charge < -0.3 is 14.4 Å². The number of anilines is 2. The summed E-state index contributed by atoms with van der Waals surface area (Å²) in [5.74, 6) is 0.277. The number of hydrogen-bond donors (Lipinski definition) is 0. The fourth-order valence-corrected chi connectivity index (χ4v) is 2.17. The van der Waals surface area contributed by atoms with Crippen LogP contribution in [0.3, 0.4) is 0 Å². The molecule has 8 heteroatoms. The Balaban J connectivity index is 2.46. The third-order valence-corrected chi connectivity index (χ3v) is 3.22. The average molecular weight is 355 g/mol. The highest BCUT2D eigenvalue weighted by molar-refractivity contribution is 5.64. The number of alkyl halides is 3. The molecule has 5 nitrogen and oxygen atoms in total. The first-order chi connectivity index (χ1) is 11.7. The number of hydrogen-bond acceptors (Lipinski definition) is 5. The number of nitrogens with zero attached hydrogens (tertiary/aromatic N) is 3. The molecule has 1 aromatic heterocycles. The largest absolute Gasteiger partial charge is 0.491 e. The molecule has 0 saturated heterocycles. The van der Waals surface area contributed by atoms with Crippen LogP contribution in [0.25, 0.3) is 0 Å². The summed E-state index contributed by atoms with van der Waals surface area (Å²) in [6.07, 6.45) is -3.89. The van der Waals surface area contributed by atoms with E-state index >= 15 is 0 Å². The zero-order chi connectivity index (χ0) is 18.6. The molecule has 25 heavy (non-hydrogen) atoms. The second-order valence-corrected chi connectivity index (χ2v) is 5.54. The summed E-state index contributed by atoms with van der Waals surface area (Å²) in [6, 6.07) is 6.68. The standard InChI is InChI=1S/C17H20F3N3O2/c1-5-24-16-21-10-14(17(18,19)20)15(22-16)23(4)12-7-6-8-13(9-12)25-11(2)3/h6-11H,5H2,1-4H3. The minimum absolute atomic E-state index is 0.0464. The van der Waals surface area contributed by atoms with E-state index in [9.17, 15) is 13.2 Å². The lowest BCUT2D eigenvalue weighted by molar-refractivity contribution is -0.137. The average Bonchev–Trinajstić information content (AvgIpc) is 2.53. The first-order valence-corrected chi connectivity index (χ1v) is 7.79. The molecule has 0 aliphatic rings. The van der Waals surface area contributed by atoms with Gasteiger partial charge >= 0.3 is 12.2 Å². The molecule has 1 heterocycles. The number of halogens is 3. The molecule has 0 bridgehead atoms. The fraction of sp³-hybridized carbons (Fsp3) is 0.412. The zero-order valence-corrected chi connectivity index (χ0v) is 14.5. The van der Waals surface area contributed by atoms with Crippen LogP contribution in [0.2, 0.25) is 0 Å². The van der Waals surface area contributed by atoms with E-state index in [1.54, 1.807) is 31.2 Å². The van der Waals surface area contributed by atoms with Crippen LogP contribution in [0.4, 0.5) is 24.7 Å².